The molecule has 1 N–H and O–H groups in total. The first kappa shape index (κ1) is 19.7. The summed E-state index contributed by atoms with van der Waals surface area (Å²) in [6, 6.07) is 15.6. The highest BCUT2D eigenvalue weighted by molar-refractivity contribution is 5.94. The Morgan fingerprint density at radius 1 is 1.07 bits per heavy atom. The maximum Gasteiger partial charge on any atom is 0.270 e. The summed E-state index contributed by atoms with van der Waals surface area (Å²) >= 11 is 0. The highest BCUT2D eigenvalue weighted by atomic mass is 16.5. The summed E-state index contributed by atoms with van der Waals surface area (Å²) in [5.41, 5.74) is 5.55. The zero-order valence-corrected chi connectivity index (χ0v) is 17.0. The van der Waals surface area contributed by atoms with Crippen molar-refractivity contribution in [2.24, 2.45) is 0 Å². The van der Waals surface area contributed by atoms with Gasteiger partial charge in [0.2, 0.25) is 0 Å². The number of nitrogens with one attached hydrogen (secondary N) is 1. The monoisotopic (exact) mass is 377 g/mol. The normalized spacial score (nSPS) is 10.7. The van der Waals surface area contributed by atoms with E-state index in [0.29, 0.717) is 12.2 Å². The lowest BCUT2D eigenvalue weighted by Gasteiger charge is -2.09. The van der Waals surface area contributed by atoms with Crippen molar-refractivity contribution in [2.45, 2.75) is 33.6 Å². The molecule has 0 saturated heterocycles. The predicted molar refractivity (Wildman–Crippen MR) is 112 cm³/mol. The second kappa shape index (κ2) is 8.74. The Balaban J connectivity index is 2.02. The molecule has 1 aromatic heterocycles. The van der Waals surface area contributed by atoms with Crippen LogP contribution in [0.4, 0.5) is 0 Å². The number of aromatic nitrogens is 2. The summed E-state index contributed by atoms with van der Waals surface area (Å²) in [5, 5.41) is 7.73. The van der Waals surface area contributed by atoms with E-state index in [1.54, 1.807) is 11.8 Å². The van der Waals surface area contributed by atoms with Crippen LogP contribution in [-0.4, -0.2) is 29.3 Å². The van der Waals surface area contributed by atoms with Crippen LogP contribution in [0.15, 0.2) is 48.5 Å². The van der Waals surface area contributed by atoms with E-state index in [-0.39, 0.29) is 5.91 Å². The number of carbonyl (C=O) groups excluding carboxylic acids is 1. The van der Waals surface area contributed by atoms with Gasteiger partial charge in [-0.15, -0.1) is 0 Å². The molecule has 0 saturated carbocycles. The zero-order chi connectivity index (χ0) is 20.1. The fraction of sp³-hybridized carbons (Fsp3) is 0.304. The minimum absolute atomic E-state index is 0.119. The van der Waals surface area contributed by atoms with Gasteiger partial charge in [0, 0.05) is 12.1 Å². The van der Waals surface area contributed by atoms with E-state index >= 15 is 0 Å². The van der Waals surface area contributed by atoms with Crippen molar-refractivity contribution >= 4 is 5.91 Å². The molecule has 0 unspecified atom stereocenters. The van der Waals surface area contributed by atoms with Crippen LogP contribution >= 0.6 is 0 Å². The van der Waals surface area contributed by atoms with Crippen LogP contribution < -0.4 is 10.1 Å². The number of hydrogen-bond donors (Lipinski definition) is 1. The van der Waals surface area contributed by atoms with Gasteiger partial charge in [0.15, 0.2) is 0 Å². The van der Waals surface area contributed by atoms with Gasteiger partial charge in [-0.1, -0.05) is 25.5 Å². The topological polar surface area (TPSA) is 56.2 Å². The number of unbranched alkanes of at least 4 members (excludes halogenated alkanes) is 1. The number of hydrogen-bond acceptors (Lipinski definition) is 3. The molecule has 0 spiro atoms. The number of aryl methyl sites for hydroxylation is 2. The van der Waals surface area contributed by atoms with Crippen molar-refractivity contribution in [3.05, 3.63) is 65.4 Å². The Morgan fingerprint density at radius 2 is 1.82 bits per heavy atom. The number of ether oxygens (including phenoxy) is 1. The summed E-state index contributed by atoms with van der Waals surface area (Å²) in [6.07, 6.45) is 1.98. The van der Waals surface area contributed by atoms with Crippen molar-refractivity contribution in [2.75, 3.05) is 13.7 Å². The van der Waals surface area contributed by atoms with E-state index in [1.165, 1.54) is 11.1 Å². The molecule has 0 aliphatic carbocycles. The molecule has 3 aromatic rings. The van der Waals surface area contributed by atoms with Crippen molar-refractivity contribution < 1.29 is 9.53 Å². The van der Waals surface area contributed by atoms with Gasteiger partial charge in [0.25, 0.3) is 5.91 Å². The molecule has 0 atom stereocenters. The van der Waals surface area contributed by atoms with Crippen LogP contribution in [0.5, 0.6) is 5.75 Å². The number of nitrogens with zero attached hydrogens (tertiary/aromatic N) is 2. The standard InChI is InChI=1S/C23H27N3O2/c1-5-6-13-24-23(27)22-15-21(18-8-7-16(2)17(3)14-18)25-26(22)19-9-11-20(28-4)12-10-19/h7-12,14-15H,5-6,13H2,1-4H3,(H,24,27). The van der Waals surface area contributed by atoms with Crippen LogP contribution in [0.3, 0.4) is 0 Å². The molecule has 28 heavy (non-hydrogen) atoms. The van der Waals surface area contributed by atoms with E-state index in [1.807, 2.05) is 36.4 Å². The quantitative estimate of drug-likeness (QED) is 0.608. The van der Waals surface area contributed by atoms with Crippen molar-refractivity contribution in [3.8, 4) is 22.7 Å². The molecule has 0 radical (unpaired) electrons. The molecule has 3 rings (SSSR count). The molecule has 0 aliphatic rings. The fourth-order valence-electron chi connectivity index (χ4n) is 2.97. The molecule has 0 bridgehead atoms. The second-order valence-electron chi connectivity index (χ2n) is 6.93. The van der Waals surface area contributed by atoms with Gasteiger partial charge >= 0.3 is 0 Å². The minimum atomic E-state index is -0.119. The van der Waals surface area contributed by atoms with Gasteiger partial charge in [-0.2, -0.15) is 5.10 Å². The molecule has 1 heterocycles. The summed E-state index contributed by atoms with van der Waals surface area (Å²) in [4.78, 5) is 12.8. The van der Waals surface area contributed by atoms with E-state index in [9.17, 15) is 4.79 Å². The first-order valence-electron chi connectivity index (χ1n) is 9.63. The number of carbonyl (C=O) groups is 1. The summed E-state index contributed by atoms with van der Waals surface area (Å²) in [7, 11) is 1.63. The number of rotatable bonds is 7. The lowest BCUT2D eigenvalue weighted by molar-refractivity contribution is 0.0945. The van der Waals surface area contributed by atoms with Gasteiger partial charge in [-0.05, 0) is 67.8 Å². The third kappa shape index (κ3) is 4.25. The van der Waals surface area contributed by atoms with Crippen LogP contribution in [-0.2, 0) is 0 Å². The van der Waals surface area contributed by atoms with E-state index < -0.39 is 0 Å². The molecule has 1 amide bonds. The van der Waals surface area contributed by atoms with Gasteiger partial charge in [-0.25, -0.2) is 4.68 Å². The molecule has 5 nitrogen and oxygen atoms in total. The summed E-state index contributed by atoms with van der Waals surface area (Å²) in [5.74, 6) is 0.645. The Labute approximate surface area is 166 Å². The fourth-order valence-corrected chi connectivity index (χ4v) is 2.97. The highest BCUT2D eigenvalue weighted by Crippen LogP contribution is 2.25. The van der Waals surface area contributed by atoms with Gasteiger partial charge in [0.1, 0.15) is 11.4 Å². The number of benzene rings is 2. The van der Waals surface area contributed by atoms with Crippen molar-refractivity contribution in [1.82, 2.24) is 15.1 Å². The third-order valence-electron chi connectivity index (χ3n) is 4.88. The molecule has 146 valence electrons. The Kier molecular flexibility index (Phi) is 6.14. The van der Waals surface area contributed by atoms with E-state index in [0.717, 1.165) is 35.5 Å². The Hall–Kier alpha value is -3.08. The molecule has 0 fully saturated rings. The van der Waals surface area contributed by atoms with Gasteiger partial charge in [-0.3, -0.25) is 4.79 Å². The summed E-state index contributed by atoms with van der Waals surface area (Å²) in [6.45, 7) is 6.92. The maximum absolute atomic E-state index is 12.8. The SMILES string of the molecule is CCCCNC(=O)c1cc(-c2ccc(C)c(C)c2)nn1-c1ccc(OC)cc1. The highest BCUT2D eigenvalue weighted by Gasteiger charge is 2.17. The van der Waals surface area contributed by atoms with Crippen LogP contribution in [0.1, 0.15) is 41.4 Å². The number of amides is 1. The van der Waals surface area contributed by atoms with E-state index in [4.69, 9.17) is 9.84 Å². The predicted octanol–water partition coefficient (Wildman–Crippen LogP) is 4.69. The molecule has 2 aromatic carbocycles. The Bertz CT molecular complexity index is 958. The number of methoxy groups -OCH3 is 1. The average Bonchev–Trinajstić information content (AvgIpc) is 3.16. The lowest BCUT2D eigenvalue weighted by Crippen LogP contribution is -2.26. The third-order valence-corrected chi connectivity index (χ3v) is 4.88. The first-order valence-corrected chi connectivity index (χ1v) is 9.63. The van der Waals surface area contributed by atoms with Crippen LogP contribution in [0.25, 0.3) is 16.9 Å². The second-order valence-corrected chi connectivity index (χ2v) is 6.93. The van der Waals surface area contributed by atoms with Crippen molar-refractivity contribution in [3.63, 3.8) is 0 Å². The lowest BCUT2D eigenvalue weighted by atomic mass is 10.0. The average molecular weight is 377 g/mol. The molecular formula is C23H27N3O2. The van der Waals surface area contributed by atoms with Crippen LogP contribution in [0.2, 0.25) is 0 Å². The maximum atomic E-state index is 12.8. The van der Waals surface area contributed by atoms with Gasteiger partial charge in [0.05, 0.1) is 18.5 Å². The zero-order valence-electron chi connectivity index (χ0n) is 17.0. The Morgan fingerprint density at radius 3 is 2.46 bits per heavy atom. The minimum Gasteiger partial charge on any atom is -0.497 e. The van der Waals surface area contributed by atoms with Crippen molar-refractivity contribution in [1.29, 1.82) is 0 Å². The van der Waals surface area contributed by atoms with Gasteiger partial charge < -0.3 is 10.1 Å². The molecule has 5 heteroatoms. The molecule has 0 aliphatic heterocycles. The molecular weight excluding hydrogens is 350 g/mol. The van der Waals surface area contributed by atoms with E-state index in [2.05, 4.69) is 38.2 Å². The van der Waals surface area contributed by atoms with Crippen LogP contribution in [0, 0.1) is 13.8 Å². The first-order chi connectivity index (χ1) is 13.5. The smallest absolute Gasteiger partial charge is 0.270 e. The summed E-state index contributed by atoms with van der Waals surface area (Å²) < 4.78 is 6.94. The largest absolute Gasteiger partial charge is 0.497 e.